The quantitative estimate of drug-likeness (QED) is 0.238. The molecule has 0 bridgehead atoms. The third-order valence-corrected chi connectivity index (χ3v) is 4.87. The van der Waals surface area contributed by atoms with Crippen LogP contribution in [-0.4, -0.2) is 35.0 Å². The SMILES string of the molecule is O=Cc1cc(OCCCCCCCCCCCCCCC(=O)O)cc(C(=O)O)c1. The van der Waals surface area contributed by atoms with Crippen molar-refractivity contribution in [2.24, 2.45) is 0 Å². The Balaban J connectivity index is 1.96. The maximum Gasteiger partial charge on any atom is 0.335 e. The van der Waals surface area contributed by atoms with Crippen LogP contribution in [0.4, 0.5) is 0 Å². The lowest BCUT2D eigenvalue weighted by Gasteiger charge is -2.08. The van der Waals surface area contributed by atoms with Crippen LogP contribution in [0, 0.1) is 0 Å². The van der Waals surface area contributed by atoms with Crippen molar-refractivity contribution in [1.29, 1.82) is 0 Å². The summed E-state index contributed by atoms with van der Waals surface area (Å²) >= 11 is 0. The minimum absolute atomic E-state index is 0.0601. The summed E-state index contributed by atoms with van der Waals surface area (Å²) in [5.41, 5.74) is 0.366. The molecule has 0 unspecified atom stereocenters. The Morgan fingerprint density at radius 1 is 0.759 bits per heavy atom. The molecule has 0 amide bonds. The van der Waals surface area contributed by atoms with Crippen molar-refractivity contribution in [3.05, 3.63) is 29.3 Å². The predicted molar refractivity (Wildman–Crippen MR) is 112 cm³/mol. The van der Waals surface area contributed by atoms with Crippen LogP contribution in [0.3, 0.4) is 0 Å². The van der Waals surface area contributed by atoms with Crippen LogP contribution in [0.2, 0.25) is 0 Å². The number of unbranched alkanes of at least 4 members (excludes halogenated alkanes) is 11. The van der Waals surface area contributed by atoms with Gasteiger partial charge in [-0.05, 0) is 31.0 Å². The Labute approximate surface area is 173 Å². The fourth-order valence-electron chi connectivity index (χ4n) is 3.23. The lowest BCUT2D eigenvalue weighted by Crippen LogP contribution is -2.02. The standard InChI is InChI=1S/C23H34O6/c24-18-19-15-20(23(27)28)17-21(16-19)29-14-12-10-8-6-4-2-1-3-5-7-9-11-13-22(25)26/h15-18H,1-14H2,(H,25,26)(H,27,28). The molecule has 2 N–H and O–H groups in total. The van der Waals surface area contributed by atoms with Crippen LogP contribution in [-0.2, 0) is 4.79 Å². The molecule has 0 saturated heterocycles. The Morgan fingerprint density at radius 3 is 1.76 bits per heavy atom. The van der Waals surface area contributed by atoms with Gasteiger partial charge >= 0.3 is 11.9 Å². The van der Waals surface area contributed by atoms with Crippen LogP contribution in [0.15, 0.2) is 18.2 Å². The molecule has 0 saturated carbocycles. The number of aldehydes is 1. The second-order valence-corrected chi connectivity index (χ2v) is 7.45. The summed E-state index contributed by atoms with van der Waals surface area (Å²) in [7, 11) is 0. The van der Waals surface area contributed by atoms with E-state index in [0.717, 1.165) is 38.5 Å². The maximum atomic E-state index is 11.1. The van der Waals surface area contributed by atoms with Crippen molar-refractivity contribution >= 4 is 18.2 Å². The molecule has 0 spiro atoms. The van der Waals surface area contributed by atoms with Crippen molar-refractivity contribution in [3.63, 3.8) is 0 Å². The van der Waals surface area contributed by atoms with E-state index >= 15 is 0 Å². The van der Waals surface area contributed by atoms with Crippen LogP contribution >= 0.6 is 0 Å². The van der Waals surface area contributed by atoms with Gasteiger partial charge in [-0.3, -0.25) is 9.59 Å². The Kier molecular flexibility index (Phi) is 13.2. The van der Waals surface area contributed by atoms with Crippen LogP contribution < -0.4 is 4.74 Å². The number of carbonyl (C=O) groups is 3. The van der Waals surface area contributed by atoms with Gasteiger partial charge < -0.3 is 14.9 Å². The van der Waals surface area contributed by atoms with Crippen LogP contribution in [0.1, 0.15) is 104 Å². The summed E-state index contributed by atoms with van der Waals surface area (Å²) in [6, 6.07) is 4.34. The average molecular weight is 407 g/mol. The number of hydrogen-bond donors (Lipinski definition) is 2. The largest absolute Gasteiger partial charge is 0.494 e. The van der Waals surface area contributed by atoms with Gasteiger partial charge in [-0.25, -0.2) is 4.79 Å². The monoisotopic (exact) mass is 406 g/mol. The predicted octanol–water partition coefficient (Wildman–Crippen LogP) is 5.73. The van der Waals surface area contributed by atoms with Gasteiger partial charge in [-0.15, -0.1) is 0 Å². The van der Waals surface area contributed by atoms with Gasteiger partial charge in [0.2, 0.25) is 0 Å². The topological polar surface area (TPSA) is 101 Å². The zero-order chi connectivity index (χ0) is 21.3. The van der Waals surface area contributed by atoms with Gasteiger partial charge in [-0.2, -0.15) is 0 Å². The van der Waals surface area contributed by atoms with Crippen molar-refractivity contribution < 1.29 is 29.3 Å². The molecule has 0 fully saturated rings. The number of hydrogen-bond acceptors (Lipinski definition) is 4. The molecule has 0 atom stereocenters. The van der Waals surface area contributed by atoms with Gasteiger partial charge in [0.25, 0.3) is 0 Å². The van der Waals surface area contributed by atoms with E-state index in [4.69, 9.17) is 14.9 Å². The Hall–Kier alpha value is -2.37. The van der Waals surface area contributed by atoms with Crippen molar-refractivity contribution in [3.8, 4) is 5.75 Å². The average Bonchev–Trinajstić information content (AvgIpc) is 2.70. The highest BCUT2D eigenvalue weighted by Gasteiger charge is 2.07. The van der Waals surface area contributed by atoms with E-state index in [1.54, 1.807) is 6.07 Å². The molecule has 0 heterocycles. The number of benzene rings is 1. The number of carboxylic acids is 2. The molecular weight excluding hydrogens is 372 g/mol. The van der Waals surface area contributed by atoms with Gasteiger partial charge in [0, 0.05) is 12.0 Å². The Bertz CT molecular complexity index is 626. The summed E-state index contributed by atoms with van der Waals surface area (Å²) < 4.78 is 5.60. The normalized spacial score (nSPS) is 10.6. The molecule has 0 aliphatic carbocycles. The highest BCUT2D eigenvalue weighted by Crippen LogP contribution is 2.18. The second-order valence-electron chi connectivity index (χ2n) is 7.45. The highest BCUT2D eigenvalue weighted by atomic mass is 16.5. The minimum Gasteiger partial charge on any atom is -0.494 e. The number of carbonyl (C=O) groups excluding carboxylic acids is 1. The summed E-state index contributed by atoms with van der Waals surface area (Å²) in [5, 5.41) is 17.6. The lowest BCUT2D eigenvalue weighted by atomic mass is 10.0. The fourth-order valence-corrected chi connectivity index (χ4v) is 3.23. The highest BCUT2D eigenvalue weighted by molar-refractivity contribution is 5.90. The minimum atomic E-state index is -1.07. The van der Waals surface area contributed by atoms with Crippen LogP contribution in [0.25, 0.3) is 0 Å². The summed E-state index contributed by atoms with van der Waals surface area (Å²) in [4.78, 5) is 32.3. The van der Waals surface area contributed by atoms with Gasteiger partial charge in [0.1, 0.15) is 12.0 Å². The van der Waals surface area contributed by atoms with E-state index in [9.17, 15) is 14.4 Å². The molecule has 162 valence electrons. The molecule has 0 aliphatic rings. The zero-order valence-electron chi connectivity index (χ0n) is 17.2. The molecular formula is C23H34O6. The molecule has 6 nitrogen and oxygen atoms in total. The van der Waals surface area contributed by atoms with Crippen molar-refractivity contribution in [2.45, 2.75) is 83.5 Å². The van der Waals surface area contributed by atoms with Gasteiger partial charge in [-0.1, -0.05) is 64.2 Å². The van der Waals surface area contributed by atoms with Gasteiger partial charge in [0.15, 0.2) is 0 Å². The summed E-state index contributed by atoms with van der Waals surface area (Å²) in [6.07, 6.45) is 14.4. The number of carboxylic acid groups (broad SMARTS) is 2. The molecule has 0 aromatic heterocycles. The van der Waals surface area contributed by atoms with E-state index in [2.05, 4.69) is 0 Å². The van der Waals surface area contributed by atoms with E-state index in [0.29, 0.717) is 30.6 Å². The van der Waals surface area contributed by atoms with Crippen LogP contribution in [0.5, 0.6) is 5.75 Å². The van der Waals surface area contributed by atoms with Gasteiger partial charge in [0.05, 0.1) is 12.2 Å². The Morgan fingerprint density at radius 2 is 1.28 bits per heavy atom. The lowest BCUT2D eigenvalue weighted by molar-refractivity contribution is -0.137. The number of aliphatic carboxylic acids is 1. The zero-order valence-corrected chi connectivity index (χ0v) is 17.2. The molecule has 1 aromatic carbocycles. The summed E-state index contributed by atoms with van der Waals surface area (Å²) in [5.74, 6) is -1.34. The van der Waals surface area contributed by atoms with E-state index in [-0.39, 0.29) is 5.56 Å². The third-order valence-electron chi connectivity index (χ3n) is 4.87. The number of rotatable bonds is 18. The molecule has 6 heteroatoms. The molecule has 29 heavy (non-hydrogen) atoms. The van der Waals surface area contributed by atoms with E-state index in [1.165, 1.54) is 50.7 Å². The van der Waals surface area contributed by atoms with Crippen molar-refractivity contribution in [1.82, 2.24) is 0 Å². The number of aromatic carboxylic acids is 1. The first kappa shape index (κ1) is 24.7. The number of ether oxygens (including phenoxy) is 1. The fraction of sp³-hybridized carbons (Fsp3) is 0.609. The van der Waals surface area contributed by atoms with Crippen molar-refractivity contribution in [2.75, 3.05) is 6.61 Å². The van der Waals surface area contributed by atoms with E-state index < -0.39 is 11.9 Å². The first-order valence-electron chi connectivity index (χ1n) is 10.7. The molecule has 1 rings (SSSR count). The van der Waals surface area contributed by atoms with E-state index in [1.807, 2.05) is 0 Å². The molecule has 0 radical (unpaired) electrons. The first-order chi connectivity index (χ1) is 14.0. The smallest absolute Gasteiger partial charge is 0.335 e. The summed E-state index contributed by atoms with van der Waals surface area (Å²) in [6.45, 7) is 0.517. The second kappa shape index (κ2) is 15.5. The molecule has 1 aromatic rings. The third kappa shape index (κ3) is 12.7. The molecule has 0 aliphatic heterocycles. The maximum absolute atomic E-state index is 11.1. The first-order valence-corrected chi connectivity index (χ1v) is 10.7.